The lowest BCUT2D eigenvalue weighted by Crippen LogP contribution is -2.01. The van der Waals surface area contributed by atoms with Gasteiger partial charge in [0.2, 0.25) is 0 Å². The van der Waals surface area contributed by atoms with Gasteiger partial charge in [0, 0.05) is 4.70 Å². The number of carboxylic acid groups (broad SMARTS) is 1. The summed E-state index contributed by atoms with van der Waals surface area (Å²) in [5.74, 6) is -0.340. The highest BCUT2D eigenvalue weighted by atomic mass is 32.1. The third-order valence-electron chi connectivity index (χ3n) is 2.82. The molecule has 2 aromatic rings. The SMILES string of the molecule is Cc1cccc2c(CC(C)C)c(C(=O)O)sc12. The maximum absolute atomic E-state index is 11.3. The number of hydrogen-bond acceptors (Lipinski definition) is 2. The lowest BCUT2D eigenvalue weighted by molar-refractivity contribution is 0.0701. The Bertz CT molecular complexity index is 567. The molecule has 2 rings (SSSR count). The van der Waals surface area contributed by atoms with E-state index in [0.717, 1.165) is 27.6 Å². The van der Waals surface area contributed by atoms with Gasteiger partial charge < -0.3 is 5.11 Å². The van der Waals surface area contributed by atoms with E-state index in [1.807, 2.05) is 25.1 Å². The molecule has 17 heavy (non-hydrogen) atoms. The highest BCUT2D eigenvalue weighted by Gasteiger charge is 2.18. The summed E-state index contributed by atoms with van der Waals surface area (Å²) >= 11 is 1.40. The average Bonchev–Trinajstić information content (AvgIpc) is 2.58. The molecule has 0 atom stereocenters. The summed E-state index contributed by atoms with van der Waals surface area (Å²) in [6.45, 7) is 6.26. The first kappa shape index (κ1) is 12.1. The molecule has 1 heterocycles. The second kappa shape index (κ2) is 4.49. The summed E-state index contributed by atoms with van der Waals surface area (Å²) in [5.41, 5.74) is 2.15. The Labute approximate surface area is 105 Å². The Balaban J connectivity index is 2.71. The second-order valence-corrected chi connectivity index (χ2v) is 5.79. The van der Waals surface area contributed by atoms with Gasteiger partial charge in [-0.3, -0.25) is 0 Å². The molecule has 1 N–H and O–H groups in total. The standard InChI is InChI=1S/C14H16O2S/c1-8(2)7-11-10-6-4-5-9(3)12(10)17-13(11)14(15)16/h4-6,8H,7H2,1-3H3,(H,15,16). The molecular weight excluding hydrogens is 232 g/mol. The van der Waals surface area contributed by atoms with Gasteiger partial charge in [0.05, 0.1) is 0 Å². The number of benzene rings is 1. The van der Waals surface area contributed by atoms with E-state index in [-0.39, 0.29) is 0 Å². The van der Waals surface area contributed by atoms with Crippen LogP contribution in [0.25, 0.3) is 10.1 Å². The third kappa shape index (κ3) is 2.20. The molecule has 0 aliphatic rings. The topological polar surface area (TPSA) is 37.3 Å². The van der Waals surface area contributed by atoms with Gasteiger partial charge in [0.15, 0.2) is 0 Å². The number of aromatic carboxylic acids is 1. The number of carbonyl (C=O) groups is 1. The van der Waals surface area contributed by atoms with Crippen LogP contribution < -0.4 is 0 Å². The van der Waals surface area contributed by atoms with Gasteiger partial charge in [-0.1, -0.05) is 32.0 Å². The Kier molecular flexibility index (Phi) is 3.20. The predicted octanol–water partition coefficient (Wildman–Crippen LogP) is 4.11. The highest BCUT2D eigenvalue weighted by molar-refractivity contribution is 7.21. The van der Waals surface area contributed by atoms with Gasteiger partial charge in [-0.2, -0.15) is 0 Å². The molecule has 0 bridgehead atoms. The number of hydrogen-bond donors (Lipinski definition) is 1. The number of carboxylic acids is 1. The summed E-state index contributed by atoms with van der Waals surface area (Å²) in [5, 5.41) is 10.4. The van der Waals surface area contributed by atoms with Crippen molar-refractivity contribution >= 4 is 27.4 Å². The Morgan fingerprint density at radius 2 is 2.12 bits per heavy atom. The van der Waals surface area contributed by atoms with E-state index in [2.05, 4.69) is 13.8 Å². The summed E-state index contributed by atoms with van der Waals surface area (Å²) in [6, 6.07) is 6.06. The fraction of sp³-hybridized carbons (Fsp3) is 0.357. The molecule has 1 aromatic heterocycles. The van der Waals surface area contributed by atoms with Crippen molar-refractivity contribution in [2.45, 2.75) is 27.2 Å². The summed E-state index contributed by atoms with van der Waals surface area (Å²) in [7, 11) is 0. The Morgan fingerprint density at radius 3 is 2.71 bits per heavy atom. The normalized spacial score (nSPS) is 11.3. The van der Waals surface area contributed by atoms with Crippen LogP contribution in [0.1, 0.15) is 34.6 Å². The van der Waals surface area contributed by atoms with Crippen LogP contribution in [-0.2, 0) is 6.42 Å². The van der Waals surface area contributed by atoms with Crippen LogP contribution in [0.15, 0.2) is 18.2 Å². The lowest BCUT2D eigenvalue weighted by Gasteiger charge is -2.05. The van der Waals surface area contributed by atoms with Gasteiger partial charge >= 0.3 is 5.97 Å². The van der Waals surface area contributed by atoms with E-state index in [9.17, 15) is 9.90 Å². The molecule has 0 aliphatic carbocycles. The molecule has 0 saturated carbocycles. The van der Waals surface area contributed by atoms with Crippen LogP contribution in [0.3, 0.4) is 0 Å². The molecule has 0 amide bonds. The number of rotatable bonds is 3. The molecule has 0 aliphatic heterocycles. The van der Waals surface area contributed by atoms with Crippen molar-refractivity contribution in [2.75, 3.05) is 0 Å². The molecule has 0 fully saturated rings. The van der Waals surface area contributed by atoms with Gasteiger partial charge in [0.1, 0.15) is 4.88 Å². The van der Waals surface area contributed by atoms with E-state index >= 15 is 0 Å². The van der Waals surface area contributed by atoms with Crippen LogP contribution in [0.4, 0.5) is 0 Å². The fourth-order valence-corrected chi connectivity index (χ4v) is 3.23. The largest absolute Gasteiger partial charge is 0.477 e. The zero-order valence-electron chi connectivity index (χ0n) is 10.3. The molecule has 0 unspecified atom stereocenters. The van der Waals surface area contributed by atoms with Gasteiger partial charge in [-0.25, -0.2) is 4.79 Å². The van der Waals surface area contributed by atoms with Crippen molar-refractivity contribution in [1.29, 1.82) is 0 Å². The van der Waals surface area contributed by atoms with E-state index in [4.69, 9.17) is 0 Å². The van der Waals surface area contributed by atoms with Crippen LogP contribution in [0, 0.1) is 12.8 Å². The highest BCUT2D eigenvalue weighted by Crippen LogP contribution is 2.34. The molecule has 90 valence electrons. The number of aryl methyl sites for hydroxylation is 1. The summed E-state index contributed by atoms with van der Waals surface area (Å²) in [4.78, 5) is 11.8. The quantitative estimate of drug-likeness (QED) is 0.887. The van der Waals surface area contributed by atoms with Crippen LogP contribution in [0.5, 0.6) is 0 Å². The molecule has 1 aromatic carbocycles. The van der Waals surface area contributed by atoms with Crippen molar-refractivity contribution < 1.29 is 9.90 Å². The van der Waals surface area contributed by atoms with Crippen molar-refractivity contribution in [3.05, 3.63) is 34.2 Å². The minimum absolute atomic E-state index is 0.464. The van der Waals surface area contributed by atoms with Crippen molar-refractivity contribution in [2.24, 2.45) is 5.92 Å². The average molecular weight is 248 g/mol. The third-order valence-corrected chi connectivity index (χ3v) is 4.19. The van der Waals surface area contributed by atoms with Crippen LogP contribution in [-0.4, -0.2) is 11.1 Å². The van der Waals surface area contributed by atoms with E-state index in [1.165, 1.54) is 11.3 Å². The molecule has 0 radical (unpaired) electrons. The number of fused-ring (bicyclic) bond motifs is 1. The fourth-order valence-electron chi connectivity index (χ4n) is 2.10. The van der Waals surface area contributed by atoms with Gasteiger partial charge in [-0.05, 0) is 35.8 Å². The zero-order chi connectivity index (χ0) is 12.6. The second-order valence-electron chi connectivity index (χ2n) is 4.76. The van der Waals surface area contributed by atoms with Crippen LogP contribution >= 0.6 is 11.3 Å². The predicted molar refractivity (Wildman–Crippen MR) is 72.1 cm³/mol. The van der Waals surface area contributed by atoms with Gasteiger partial charge in [-0.15, -0.1) is 11.3 Å². The Hall–Kier alpha value is -1.35. The van der Waals surface area contributed by atoms with Crippen molar-refractivity contribution in [1.82, 2.24) is 0 Å². The van der Waals surface area contributed by atoms with Gasteiger partial charge in [0.25, 0.3) is 0 Å². The van der Waals surface area contributed by atoms with Crippen LogP contribution in [0.2, 0.25) is 0 Å². The summed E-state index contributed by atoms with van der Waals surface area (Å²) in [6.07, 6.45) is 0.824. The Morgan fingerprint density at radius 1 is 1.41 bits per heavy atom. The molecule has 3 heteroatoms. The first-order valence-corrected chi connectivity index (χ1v) is 6.56. The lowest BCUT2D eigenvalue weighted by atomic mass is 9.99. The van der Waals surface area contributed by atoms with E-state index in [1.54, 1.807) is 0 Å². The minimum Gasteiger partial charge on any atom is -0.477 e. The van der Waals surface area contributed by atoms with Crippen molar-refractivity contribution in [3.8, 4) is 0 Å². The first-order valence-electron chi connectivity index (χ1n) is 5.75. The monoisotopic (exact) mass is 248 g/mol. The molecule has 0 spiro atoms. The van der Waals surface area contributed by atoms with E-state index < -0.39 is 5.97 Å². The minimum atomic E-state index is -0.804. The maximum Gasteiger partial charge on any atom is 0.346 e. The van der Waals surface area contributed by atoms with Crippen molar-refractivity contribution in [3.63, 3.8) is 0 Å². The maximum atomic E-state index is 11.3. The number of thiophene rings is 1. The zero-order valence-corrected chi connectivity index (χ0v) is 11.1. The smallest absolute Gasteiger partial charge is 0.346 e. The summed E-state index contributed by atoms with van der Waals surface area (Å²) < 4.78 is 1.11. The van der Waals surface area contributed by atoms with E-state index in [0.29, 0.717) is 10.8 Å². The molecule has 0 saturated heterocycles. The first-order chi connectivity index (χ1) is 8.00. The molecular formula is C14H16O2S. The molecule has 2 nitrogen and oxygen atoms in total.